The Hall–Kier alpha value is -1.27. The monoisotopic (exact) mass is 138 g/mol. The van der Waals surface area contributed by atoms with Gasteiger partial charge in [-0.3, -0.25) is 4.79 Å². The van der Waals surface area contributed by atoms with Gasteiger partial charge in [-0.25, -0.2) is 0 Å². The molecule has 2 nitrogen and oxygen atoms in total. The second-order valence-electron chi connectivity index (χ2n) is 1.82. The summed E-state index contributed by atoms with van der Waals surface area (Å²) in [5.74, 6) is -1.37. The van der Waals surface area contributed by atoms with E-state index in [-0.39, 0.29) is 0 Å². The molecule has 0 heterocycles. The standard InChI is InChI=1S/C8H10O2/c1-3-5-6-7(4-2)8(9)10/h4-5,7H,1-2,6H2,(H,9,10). The molecule has 1 N–H and O–H groups in total. The Morgan fingerprint density at radius 3 is 2.70 bits per heavy atom. The van der Waals surface area contributed by atoms with Gasteiger partial charge in [0.2, 0.25) is 0 Å². The van der Waals surface area contributed by atoms with Gasteiger partial charge in [-0.05, 0) is 12.5 Å². The smallest absolute Gasteiger partial charge is 0.310 e. The fraction of sp³-hybridized carbons (Fsp3) is 0.250. The molecule has 0 rings (SSSR count). The van der Waals surface area contributed by atoms with Gasteiger partial charge in [0.25, 0.3) is 0 Å². The van der Waals surface area contributed by atoms with Crippen LogP contribution in [-0.4, -0.2) is 11.1 Å². The molecular formula is C8H10O2. The normalized spacial score (nSPS) is 11.2. The van der Waals surface area contributed by atoms with Crippen LogP contribution < -0.4 is 0 Å². The van der Waals surface area contributed by atoms with Crippen molar-refractivity contribution in [1.82, 2.24) is 0 Å². The summed E-state index contributed by atoms with van der Waals surface area (Å²) in [6.07, 6.45) is 3.40. The zero-order valence-corrected chi connectivity index (χ0v) is 5.71. The van der Waals surface area contributed by atoms with E-state index in [1.54, 1.807) is 6.08 Å². The number of rotatable bonds is 4. The summed E-state index contributed by atoms with van der Waals surface area (Å²) in [5, 5.41) is 8.46. The first-order chi connectivity index (χ1) is 4.72. The summed E-state index contributed by atoms with van der Waals surface area (Å²) >= 11 is 0. The second kappa shape index (κ2) is 4.59. The largest absolute Gasteiger partial charge is 0.481 e. The average Bonchev–Trinajstić information content (AvgIpc) is 1.89. The Morgan fingerprint density at radius 2 is 2.40 bits per heavy atom. The van der Waals surface area contributed by atoms with Gasteiger partial charge in [0.15, 0.2) is 0 Å². The van der Waals surface area contributed by atoms with Crippen molar-refractivity contribution >= 4 is 5.97 Å². The molecule has 0 saturated carbocycles. The van der Waals surface area contributed by atoms with Crippen molar-refractivity contribution in [3.05, 3.63) is 31.0 Å². The van der Waals surface area contributed by atoms with Crippen LogP contribution in [0.25, 0.3) is 0 Å². The van der Waals surface area contributed by atoms with Crippen molar-refractivity contribution in [2.45, 2.75) is 6.42 Å². The topological polar surface area (TPSA) is 37.3 Å². The minimum absolute atomic E-state index is 0.419. The SMILES string of the molecule is C=C=CCC(C=C)C(=O)O. The Bertz CT molecular complexity index is 176. The van der Waals surface area contributed by atoms with Gasteiger partial charge in [0, 0.05) is 0 Å². The average molecular weight is 138 g/mol. The molecule has 1 atom stereocenters. The van der Waals surface area contributed by atoms with E-state index in [9.17, 15) is 4.79 Å². The predicted molar refractivity (Wildman–Crippen MR) is 39.6 cm³/mol. The summed E-state index contributed by atoms with van der Waals surface area (Å²) in [5.41, 5.74) is 2.50. The van der Waals surface area contributed by atoms with Gasteiger partial charge < -0.3 is 5.11 Å². The van der Waals surface area contributed by atoms with E-state index in [1.807, 2.05) is 0 Å². The highest BCUT2D eigenvalue weighted by molar-refractivity contribution is 5.72. The highest BCUT2D eigenvalue weighted by atomic mass is 16.4. The zero-order chi connectivity index (χ0) is 7.98. The van der Waals surface area contributed by atoms with Crippen LogP contribution in [0.1, 0.15) is 6.42 Å². The molecule has 0 aromatic rings. The molecule has 0 saturated heterocycles. The number of aliphatic carboxylic acids is 1. The molecule has 2 heteroatoms. The minimum Gasteiger partial charge on any atom is -0.481 e. The number of carboxylic acid groups (broad SMARTS) is 1. The molecule has 0 fully saturated rings. The van der Waals surface area contributed by atoms with Crippen molar-refractivity contribution in [1.29, 1.82) is 0 Å². The predicted octanol–water partition coefficient (Wildman–Crippen LogP) is 1.60. The Labute approximate surface area is 60.2 Å². The molecule has 0 aromatic heterocycles. The summed E-state index contributed by atoms with van der Waals surface area (Å²) in [6.45, 7) is 6.70. The summed E-state index contributed by atoms with van der Waals surface area (Å²) < 4.78 is 0. The van der Waals surface area contributed by atoms with Crippen molar-refractivity contribution in [2.75, 3.05) is 0 Å². The van der Waals surface area contributed by atoms with Gasteiger partial charge in [-0.2, -0.15) is 0 Å². The molecule has 0 aliphatic carbocycles. The van der Waals surface area contributed by atoms with Crippen LogP contribution in [0.3, 0.4) is 0 Å². The second-order valence-corrected chi connectivity index (χ2v) is 1.82. The lowest BCUT2D eigenvalue weighted by molar-refractivity contribution is -0.139. The van der Waals surface area contributed by atoms with E-state index >= 15 is 0 Å². The maximum atomic E-state index is 10.3. The Morgan fingerprint density at radius 1 is 1.80 bits per heavy atom. The molecular weight excluding hydrogens is 128 g/mol. The summed E-state index contributed by atoms with van der Waals surface area (Å²) in [6, 6.07) is 0. The minimum atomic E-state index is -0.860. The number of hydrogen-bond donors (Lipinski definition) is 1. The first-order valence-corrected chi connectivity index (χ1v) is 2.92. The molecule has 0 radical (unpaired) electrons. The lowest BCUT2D eigenvalue weighted by Gasteiger charge is -1.99. The highest BCUT2D eigenvalue weighted by Crippen LogP contribution is 2.03. The maximum Gasteiger partial charge on any atom is 0.310 e. The van der Waals surface area contributed by atoms with E-state index in [0.717, 1.165) is 0 Å². The third-order valence-electron chi connectivity index (χ3n) is 1.12. The fourth-order valence-electron chi connectivity index (χ4n) is 0.508. The van der Waals surface area contributed by atoms with E-state index in [4.69, 9.17) is 5.11 Å². The molecule has 0 aromatic carbocycles. The number of hydrogen-bond acceptors (Lipinski definition) is 1. The summed E-state index contributed by atoms with van der Waals surface area (Å²) in [4.78, 5) is 10.3. The molecule has 0 aliphatic heterocycles. The van der Waals surface area contributed by atoms with Crippen LogP contribution in [-0.2, 0) is 4.79 Å². The van der Waals surface area contributed by atoms with Crippen molar-refractivity contribution in [3.8, 4) is 0 Å². The van der Waals surface area contributed by atoms with Crippen molar-refractivity contribution in [2.24, 2.45) is 5.92 Å². The van der Waals surface area contributed by atoms with Gasteiger partial charge in [0.05, 0.1) is 5.92 Å². The van der Waals surface area contributed by atoms with Gasteiger partial charge in [0.1, 0.15) is 0 Å². The zero-order valence-electron chi connectivity index (χ0n) is 5.71. The lowest BCUT2D eigenvalue weighted by Crippen LogP contribution is -2.08. The Balaban J connectivity index is 3.95. The lowest BCUT2D eigenvalue weighted by atomic mass is 10.1. The van der Waals surface area contributed by atoms with Gasteiger partial charge >= 0.3 is 5.97 Å². The van der Waals surface area contributed by atoms with Crippen LogP contribution in [0.5, 0.6) is 0 Å². The third kappa shape index (κ3) is 2.90. The molecule has 0 aliphatic rings. The highest BCUT2D eigenvalue weighted by Gasteiger charge is 2.09. The van der Waals surface area contributed by atoms with Crippen molar-refractivity contribution in [3.63, 3.8) is 0 Å². The van der Waals surface area contributed by atoms with Gasteiger partial charge in [-0.1, -0.05) is 12.7 Å². The first-order valence-electron chi connectivity index (χ1n) is 2.92. The summed E-state index contributed by atoms with van der Waals surface area (Å²) in [7, 11) is 0. The number of carbonyl (C=O) groups is 1. The third-order valence-corrected chi connectivity index (χ3v) is 1.12. The van der Waals surface area contributed by atoms with Crippen LogP contribution in [0.2, 0.25) is 0 Å². The van der Waals surface area contributed by atoms with E-state index in [1.165, 1.54) is 6.08 Å². The maximum absolute atomic E-state index is 10.3. The van der Waals surface area contributed by atoms with Crippen molar-refractivity contribution < 1.29 is 9.90 Å². The first kappa shape index (κ1) is 8.73. The number of carboxylic acids is 1. The molecule has 0 spiro atoms. The van der Waals surface area contributed by atoms with Crippen LogP contribution in [0.4, 0.5) is 0 Å². The van der Waals surface area contributed by atoms with E-state index in [2.05, 4.69) is 18.9 Å². The van der Waals surface area contributed by atoms with Crippen LogP contribution >= 0.6 is 0 Å². The molecule has 54 valence electrons. The molecule has 10 heavy (non-hydrogen) atoms. The van der Waals surface area contributed by atoms with Crippen LogP contribution in [0.15, 0.2) is 31.0 Å². The van der Waals surface area contributed by atoms with E-state index < -0.39 is 11.9 Å². The molecule has 0 bridgehead atoms. The van der Waals surface area contributed by atoms with Crippen LogP contribution in [0, 0.1) is 5.92 Å². The number of allylic oxidation sites excluding steroid dienone is 1. The molecule has 1 unspecified atom stereocenters. The quantitative estimate of drug-likeness (QED) is 0.473. The fourth-order valence-corrected chi connectivity index (χ4v) is 0.508. The van der Waals surface area contributed by atoms with Gasteiger partial charge in [-0.15, -0.1) is 12.3 Å². The Kier molecular flexibility index (Phi) is 4.01. The van der Waals surface area contributed by atoms with E-state index in [0.29, 0.717) is 6.42 Å². The molecule has 0 amide bonds.